The van der Waals surface area contributed by atoms with Crippen LogP contribution in [-0.2, 0) is 4.79 Å². The molecular formula is C3H9MgNO2. The maximum absolute atomic E-state index is 9.57. The molecular weight excluding hydrogens is 106 g/mol. The van der Waals surface area contributed by atoms with Gasteiger partial charge in [0.25, 0.3) is 0 Å². The van der Waals surface area contributed by atoms with Crippen molar-refractivity contribution >= 4 is 29.0 Å². The quantitative estimate of drug-likeness (QED) is 0.443. The standard InChI is InChI=1S/C3H7NO2.Mg.2H/c1-2(4)3(5)6;;;/h2H,4H2,1H3,(H,5,6);;;/q;+2;2*-1/t2-;;;/m0.../s1. The Morgan fingerprint density at radius 2 is 2.14 bits per heavy atom. The molecule has 0 spiro atoms. The molecule has 3 nitrogen and oxygen atoms in total. The third-order valence-electron chi connectivity index (χ3n) is 0.390. The Balaban J connectivity index is -0.0000000417. The first-order chi connectivity index (χ1) is 2.64. The molecule has 3 N–H and O–H groups in total. The molecule has 0 heterocycles. The third-order valence-corrected chi connectivity index (χ3v) is 0.390. The molecule has 0 aromatic carbocycles. The van der Waals surface area contributed by atoms with Crippen molar-refractivity contribution in [1.29, 1.82) is 0 Å². The van der Waals surface area contributed by atoms with Crippen molar-refractivity contribution < 1.29 is 12.8 Å². The van der Waals surface area contributed by atoms with E-state index in [1.54, 1.807) is 0 Å². The summed E-state index contributed by atoms with van der Waals surface area (Å²) in [5.41, 5.74) is 4.84. The van der Waals surface area contributed by atoms with Crippen LogP contribution in [0.15, 0.2) is 0 Å². The molecule has 1 atom stereocenters. The molecule has 0 rings (SSSR count). The second-order valence-electron chi connectivity index (χ2n) is 1.13. The largest absolute Gasteiger partial charge is 2.00 e. The van der Waals surface area contributed by atoms with E-state index in [0.29, 0.717) is 0 Å². The van der Waals surface area contributed by atoms with E-state index in [-0.39, 0.29) is 25.9 Å². The van der Waals surface area contributed by atoms with E-state index in [1.807, 2.05) is 0 Å². The van der Waals surface area contributed by atoms with Crippen LogP contribution in [0.4, 0.5) is 0 Å². The van der Waals surface area contributed by atoms with Crippen molar-refractivity contribution in [2.24, 2.45) is 5.73 Å². The summed E-state index contributed by atoms with van der Waals surface area (Å²) in [6, 6.07) is -0.731. The minimum atomic E-state index is -0.963. The molecule has 0 aromatic rings. The zero-order chi connectivity index (χ0) is 5.15. The zero-order valence-electron chi connectivity index (χ0n) is 6.22. The predicted octanol–water partition coefficient (Wildman–Crippen LogP) is -0.738. The van der Waals surface area contributed by atoms with Gasteiger partial charge in [-0.25, -0.2) is 0 Å². The van der Waals surface area contributed by atoms with Crippen molar-refractivity contribution in [2.45, 2.75) is 13.0 Å². The van der Waals surface area contributed by atoms with Crippen molar-refractivity contribution in [3.8, 4) is 0 Å². The number of rotatable bonds is 1. The second kappa shape index (κ2) is 4.36. The van der Waals surface area contributed by atoms with Crippen molar-refractivity contribution in [3.05, 3.63) is 0 Å². The number of carboxylic acids is 1. The Morgan fingerprint density at radius 1 is 2.00 bits per heavy atom. The van der Waals surface area contributed by atoms with Gasteiger partial charge in [0, 0.05) is 0 Å². The van der Waals surface area contributed by atoms with Crippen molar-refractivity contribution in [3.63, 3.8) is 0 Å². The summed E-state index contributed by atoms with van der Waals surface area (Å²) in [5.74, 6) is -0.963. The van der Waals surface area contributed by atoms with E-state index in [4.69, 9.17) is 10.8 Å². The zero-order valence-corrected chi connectivity index (χ0v) is 5.63. The van der Waals surface area contributed by atoms with Crippen LogP contribution in [0.25, 0.3) is 0 Å². The SMILES string of the molecule is C[C@H](N)C(=O)O.[H-].[H-].[Mg+2]. The Labute approximate surface area is 61.0 Å². The first-order valence-electron chi connectivity index (χ1n) is 1.63. The van der Waals surface area contributed by atoms with Gasteiger partial charge in [-0.2, -0.15) is 0 Å². The first-order valence-corrected chi connectivity index (χ1v) is 1.63. The van der Waals surface area contributed by atoms with Crippen LogP contribution in [0.2, 0.25) is 0 Å². The number of aliphatic carboxylic acids is 1. The van der Waals surface area contributed by atoms with Gasteiger partial charge in [-0.05, 0) is 6.92 Å². The van der Waals surface area contributed by atoms with E-state index in [9.17, 15) is 4.79 Å². The Hall–Kier alpha value is 0.196. The van der Waals surface area contributed by atoms with Gasteiger partial charge in [0.05, 0.1) is 0 Å². The van der Waals surface area contributed by atoms with Crippen molar-refractivity contribution in [1.82, 2.24) is 0 Å². The van der Waals surface area contributed by atoms with E-state index < -0.39 is 12.0 Å². The molecule has 4 heteroatoms. The summed E-state index contributed by atoms with van der Waals surface area (Å²) in [4.78, 5) is 9.57. The molecule has 0 bridgehead atoms. The average molecular weight is 115 g/mol. The number of hydrogen-bond donors (Lipinski definition) is 2. The Kier molecular flexibility index (Phi) is 6.37. The van der Waals surface area contributed by atoms with Gasteiger partial charge in [-0.1, -0.05) is 0 Å². The summed E-state index contributed by atoms with van der Waals surface area (Å²) in [7, 11) is 0. The maximum atomic E-state index is 9.57. The molecule has 40 valence electrons. The fourth-order valence-corrected chi connectivity index (χ4v) is 0. The topological polar surface area (TPSA) is 63.3 Å². The Morgan fingerprint density at radius 3 is 2.14 bits per heavy atom. The molecule has 0 aliphatic rings. The van der Waals surface area contributed by atoms with E-state index >= 15 is 0 Å². The van der Waals surface area contributed by atoms with Crippen LogP contribution >= 0.6 is 0 Å². The van der Waals surface area contributed by atoms with Gasteiger partial charge < -0.3 is 13.7 Å². The summed E-state index contributed by atoms with van der Waals surface area (Å²) in [6.07, 6.45) is 0. The minimum absolute atomic E-state index is 0. The monoisotopic (exact) mass is 115 g/mol. The molecule has 7 heavy (non-hydrogen) atoms. The smallest absolute Gasteiger partial charge is 1.00 e. The van der Waals surface area contributed by atoms with Crippen LogP contribution in [0.5, 0.6) is 0 Å². The van der Waals surface area contributed by atoms with Gasteiger partial charge in [0.15, 0.2) is 0 Å². The number of carboxylic acid groups (broad SMARTS) is 1. The van der Waals surface area contributed by atoms with Crippen LogP contribution in [-0.4, -0.2) is 40.2 Å². The molecule has 0 unspecified atom stereocenters. The molecule has 0 fully saturated rings. The number of carbonyl (C=O) groups is 1. The van der Waals surface area contributed by atoms with Gasteiger partial charge in [0.2, 0.25) is 0 Å². The summed E-state index contributed by atoms with van der Waals surface area (Å²) < 4.78 is 0. The van der Waals surface area contributed by atoms with Crippen molar-refractivity contribution in [2.75, 3.05) is 0 Å². The normalized spacial score (nSPS) is 11.7. The molecule has 0 saturated carbocycles. The fraction of sp³-hybridized carbons (Fsp3) is 0.667. The number of nitrogens with two attached hydrogens (primary N) is 1. The van der Waals surface area contributed by atoms with Gasteiger partial charge in [-0.3, -0.25) is 4.79 Å². The van der Waals surface area contributed by atoms with Crippen LogP contribution < -0.4 is 5.73 Å². The summed E-state index contributed by atoms with van der Waals surface area (Å²) >= 11 is 0. The van der Waals surface area contributed by atoms with Gasteiger partial charge >= 0.3 is 29.0 Å². The van der Waals surface area contributed by atoms with E-state index in [2.05, 4.69) is 0 Å². The maximum Gasteiger partial charge on any atom is 2.00 e. The minimum Gasteiger partial charge on any atom is -1.00 e. The number of hydrogen-bond acceptors (Lipinski definition) is 2. The molecule has 0 aliphatic heterocycles. The van der Waals surface area contributed by atoms with E-state index in [0.717, 1.165) is 0 Å². The average Bonchev–Trinajstić information content (AvgIpc) is 1.36. The third kappa shape index (κ3) is 6.20. The van der Waals surface area contributed by atoms with Gasteiger partial charge in [0.1, 0.15) is 6.04 Å². The van der Waals surface area contributed by atoms with Crippen LogP contribution in [0, 0.1) is 0 Å². The predicted molar refractivity (Wildman–Crippen MR) is 29.3 cm³/mol. The molecule has 0 amide bonds. The van der Waals surface area contributed by atoms with Crippen LogP contribution in [0.3, 0.4) is 0 Å². The van der Waals surface area contributed by atoms with E-state index in [1.165, 1.54) is 6.92 Å². The summed E-state index contributed by atoms with van der Waals surface area (Å²) in [6.45, 7) is 1.42. The molecule has 0 radical (unpaired) electrons. The second-order valence-corrected chi connectivity index (χ2v) is 1.13. The summed E-state index contributed by atoms with van der Waals surface area (Å²) in [5, 5.41) is 7.87. The fourth-order valence-electron chi connectivity index (χ4n) is 0. The first kappa shape index (κ1) is 10.2. The molecule has 0 aliphatic carbocycles. The molecule has 0 aromatic heterocycles. The van der Waals surface area contributed by atoms with Crippen LogP contribution in [0.1, 0.15) is 9.78 Å². The Bertz CT molecular complexity index is 70.8. The van der Waals surface area contributed by atoms with Gasteiger partial charge in [-0.15, -0.1) is 0 Å². The molecule has 0 saturated heterocycles.